The van der Waals surface area contributed by atoms with Gasteiger partial charge in [-0.05, 0) is 46.5 Å². The Hall–Kier alpha value is -1.67. The number of ether oxygens (including phenoxy) is 2. The molecule has 0 unspecified atom stereocenters. The first kappa shape index (κ1) is 23.0. The highest BCUT2D eigenvalue weighted by Gasteiger charge is 2.75. The van der Waals surface area contributed by atoms with Gasteiger partial charge in [0.15, 0.2) is 0 Å². The Kier molecular flexibility index (Phi) is 6.22. The number of nitrogens with one attached hydrogen (secondary N) is 1. The van der Waals surface area contributed by atoms with E-state index in [2.05, 4.69) is 5.32 Å². The van der Waals surface area contributed by atoms with Crippen molar-refractivity contribution in [3.8, 4) is 0 Å². The molecule has 3 fully saturated rings. The fourth-order valence-corrected chi connectivity index (χ4v) is 5.51. The Morgan fingerprint density at radius 2 is 2.03 bits per heavy atom. The molecule has 30 heavy (non-hydrogen) atoms. The topological polar surface area (TPSA) is 105 Å². The van der Waals surface area contributed by atoms with Gasteiger partial charge in [-0.1, -0.05) is 20.3 Å². The monoisotopic (exact) mass is 424 g/mol. The minimum atomic E-state index is -1.06. The van der Waals surface area contributed by atoms with Gasteiger partial charge in [-0.15, -0.1) is 0 Å². The second kappa shape index (κ2) is 8.11. The van der Waals surface area contributed by atoms with Crippen molar-refractivity contribution in [3.63, 3.8) is 0 Å². The summed E-state index contributed by atoms with van der Waals surface area (Å²) in [5.74, 6) is -2.52. The van der Waals surface area contributed by atoms with Crippen LogP contribution < -0.4 is 5.32 Å². The molecule has 0 aromatic heterocycles. The van der Waals surface area contributed by atoms with Crippen molar-refractivity contribution in [1.82, 2.24) is 10.2 Å². The lowest BCUT2D eigenvalue weighted by Crippen LogP contribution is -2.61. The minimum Gasteiger partial charge on any atom is -0.466 e. The number of amides is 2. The number of hydrogen-bond donors (Lipinski definition) is 2. The van der Waals surface area contributed by atoms with Gasteiger partial charge in [-0.25, -0.2) is 0 Å². The summed E-state index contributed by atoms with van der Waals surface area (Å²) in [6.07, 6.45) is 1.46. The van der Waals surface area contributed by atoms with Crippen molar-refractivity contribution in [3.05, 3.63) is 0 Å². The van der Waals surface area contributed by atoms with E-state index in [1.807, 2.05) is 34.6 Å². The number of rotatable bonds is 7. The van der Waals surface area contributed by atoms with E-state index in [1.165, 1.54) is 4.90 Å². The SMILES string of the molecule is CCOC(=O)[C@@H]1[C@H]2C(=O)N([C@@H](CO)[C@@H](C)CC)[C@H](C(=O)NC(C)(C)C)[C@]23CC[C@H]1O3. The number of nitrogens with zero attached hydrogens (tertiary/aromatic N) is 1. The molecule has 3 saturated heterocycles. The average molecular weight is 425 g/mol. The number of aliphatic hydroxyl groups excluding tert-OH is 1. The number of fused-ring (bicyclic) bond motifs is 1. The van der Waals surface area contributed by atoms with Crippen LogP contribution in [0.5, 0.6) is 0 Å². The van der Waals surface area contributed by atoms with Crippen LogP contribution in [0.4, 0.5) is 0 Å². The smallest absolute Gasteiger partial charge is 0.312 e. The van der Waals surface area contributed by atoms with E-state index in [0.717, 1.165) is 6.42 Å². The Morgan fingerprint density at radius 1 is 1.37 bits per heavy atom. The molecule has 2 bridgehead atoms. The molecular formula is C22H36N2O6. The quantitative estimate of drug-likeness (QED) is 0.596. The highest BCUT2D eigenvalue weighted by atomic mass is 16.6. The van der Waals surface area contributed by atoms with E-state index in [9.17, 15) is 19.5 Å². The van der Waals surface area contributed by atoms with E-state index in [1.54, 1.807) is 6.92 Å². The van der Waals surface area contributed by atoms with Crippen LogP contribution in [0.15, 0.2) is 0 Å². The molecule has 3 rings (SSSR count). The molecule has 7 atom stereocenters. The molecule has 1 spiro atoms. The van der Waals surface area contributed by atoms with Crippen LogP contribution in [0, 0.1) is 17.8 Å². The van der Waals surface area contributed by atoms with Crippen LogP contribution in [0.1, 0.15) is 60.8 Å². The van der Waals surface area contributed by atoms with Crippen LogP contribution in [-0.2, 0) is 23.9 Å². The van der Waals surface area contributed by atoms with Crippen molar-refractivity contribution in [2.24, 2.45) is 17.8 Å². The number of likely N-dealkylation sites (tertiary alicyclic amines) is 1. The molecule has 8 nitrogen and oxygen atoms in total. The molecule has 2 amide bonds. The third kappa shape index (κ3) is 3.51. The van der Waals surface area contributed by atoms with E-state index >= 15 is 0 Å². The lowest BCUT2D eigenvalue weighted by molar-refractivity contribution is -0.156. The van der Waals surface area contributed by atoms with Gasteiger partial charge < -0.3 is 24.8 Å². The number of esters is 1. The van der Waals surface area contributed by atoms with Crippen LogP contribution in [0.2, 0.25) is 0 Å². The molecule has 0 aromatic carbocycles. The first-order valence-electron chi connectivity index (χ1n) is 11.1. The molecule has 3 aliphatic rings. The lowest BCUT2D eigenvalue weighted by Gasteiger charge is -2.40. The predicted molar refractivity (Wildman–Crippen MR) is 109 cm³/mol. The fourth-order valence-electron chi connectivity index (χ4n) is 5.51. The Balaban J connectivity index is 2.07. The molecule has 0 saturated carbocycles. The first-order chi connectivity index (χ1) is 14.0. The highest BCUT2D eigenvalue weighted by Crippen LogP contribution is 2.59. The van der Waals surface area contributed by atoms with E-state index in [-0.39, 0.29) is 30.9 Å². The van der Waals surface area contributed by atoms with Gasteiger partial charge in [0.25, 0.3) is 0 Å². The van der Waals surface area contributed by atoms with Crippen LogP contribution in [-0.4, -0.2) is 70.3 Å². The lowest BCUT2D eigenvalue weighted by atomic mass is 9.70. The molecular weight excluding hydrogens is 388 g/mol. The molecule has 3 aliphatic heterocycles. The summed E-state index contributed by atoms with van der Waals surface area (Å²) in [5, 5.41) is 13.2. The fraction of sp³-hybridized carbons (Fsp3) is 0.864. The second-order valence-electron chi connectivity index (χ2n) is 9.93. The maximum atomic E-state index is 13.7. The normalized spacial score (nSPS) is 34.6. The van der Waals surface area contributed by atoms with Crippen LogP contribution in [0.3, 0.4) is 0 Å². The van der Waals surface area contributed by atoms with E-state index < -0.39 is 47.1 Å². The minimum absolute atomic E-state index is 0.0163. The number of hydrogen-bond acceptors (Lipinski definition) is 6. The van der Waals surface area contributed by atoms with Crippen molar-refractivity contribution in [2.75, 3.05) is 13.2 Å². The molecule has 8 heteroatoms. The van der Waals surface area contributed by atoms with Gasteiger partial charge >= 0.3 is 5.97 Å². The zero-order valence-corrected chi connectivity index (χ0v) is 18.9. The summed E-state index contributed by atoms with van der Waals surface area (Å²) >= 11 is 0. The highest BCUT2D eigenvalue weighted by molar-refractivity contribution is 5.98. The van der Waals surface area contributed by atoms with E-state index in [0.29, 0.717) is 12.8 Å². The Morgan fingerprint density at radius 3 is 2.57 bits per heavy atom. The van der Waals surface area contributed by atoms with Crippen molar-refractivity contribution in [1.29, 1.82) is 0 Å². The molecule has 2 N–H and O–H groups in total. The summed E-state index contributed by atoms with van der Waals surface area (Å²) in [4.78, 5) is 41.5. The third-order valence-corrected chi connectivity index (χ3v) is 6.89. The van der Waals surface area contributed by atoms with Crippen LogP contribution >= 0.6 is 0 Å². The summed E-state index contributed by atoms with van der Waals surface area (Å²) in [6.45, 7) is 11.3. The molecule has 0 radical (unpaired) electrons. The van der Waals surface area contributed by atoms with Crippen molar-refractivity contribution >= 4 is 17.8 Å². The van der Waals surface area contributed by atoms with Gasteiger partial charge in [-0.2, -0.15) is 0 Å². The Bertz CT molecular complexity index is 704. The summed E-state index contributed by atoms with van der Waals surface area (Å²) in [6, 6.07) is -1.41. The Labute approximate surface area is 178 Å². The van der Waals surface area contributed by atoms with Crippen molar-refractivity contribution < 1.29 is 29.0 Å². The van der Waals surface area contributed by atoms with Gasteiger partial charge in [0.2, 0.25) is 11.8 Å². The molecule has 3 heterocycles. The van der Waals surface area contributed by atoms with Crippen LogP contribution in [0.25, 0.3) is 0 Å². The maximum Gasteiger partial charge on any atom is 0.312 e. The molecule has 0 aromatic rings. The standard InChI is InChI=1S/C22H36N2O6/c1-7-12(3)13(11-25)24-17(18(26)23-21(4,5)6)22-10-9-14(30-22)15(16(22)19(24)27)20(28)29-8-2/h12-17,25H,7-11H2,1-6H3,(H,23,26)/t12-,13-,14+,15-,16-,17+,22-/m0/s1. The third-order valence-electron chi connectivity index (χ3n) is 6.89. The van der Waals surface area contributed by atoms with Gasteiger partial charge in [0, 0.05) is 5.54 Å². The second-order valence-corrected chi connectivity index (χ2v) is 9.93. The van der Waals surface area contributed by atoms with Crippen molar-refractivity contribution in [2.45, 2.75) is 90.1 Å². The van der Waals surface area contributed by atoms with Gasteiger partial charge in [-0.3, -0.25) is 14.4 Å². The summed E-state index contributed by atoms with van der Waals surface area (Å²) in [5.41, 5.74) is -1.56. The molecule has 0 aliphatic carbocycles. The summed E-state index contributed by atoms with van der Waals surface area (Å²) in [7, 11) is 0. The first-order valence-corrected chi connectivity index (χ1v) is 11.1. The number of carbonyl (C=O) groups is 3. The average Bonchev–Trinajstić information content (AvgIpc) is 3.29. The number of carbonyl (C=O) groups excluding carboxylic acids is 3. The predicted octanol–water partition coefficient (Wildman–Crippen LogP) is 1.25. The van der Waals surface area contributed by atoms with E-state index in [4.69, 9.17) is 9.47 Å². The van der Waals surface area contributed by atoms with Gasteiger partial charge in [0.05, 0.1) is 37.2 Å². The zero-order chi connectivity index (χ0) is 22.4. The van der Waals surface area contributed by atoms with Gasteiger partial charge in [0.1, 0.15) is 11.6 Å². The summed E-state index contributed by atoms with van der Waals surface area (Å²) < 4.78 is 11.6. The largest absolute Gasteiger partial charge is 0.466 e. The molecule has 170 valence electrons. The maximum absolute atomic E-state index is 13.7. The number of aliphatic hydroxyl groups is 1. The zero-order valence-electron chi connectivity index (χ0n) is 18.9.